The van der Waals surface area contributed by atoms with Gasteiger partial charge in [0.05, 0.1) is 0 Å². The van der Waals surface area contributed by atoms with Crippen LogP contribution in [-0.4, -0.2) is 23.3 Å². The Labute approximate surface area is 142 Å². The second-order valence-corrected chi connectivity index (χ2v) is 5.45. The number of H-pyrrole nitrogens is 1. The Morgan fingerprint density at radius 3 is 2.60 bits per heavy atom. The Bertz CT molecular complexity index is 937. The third-order valence-corrected chi connectivity index (χ3v) is 3.74. The van der Waals surface area contributed by atoms with E-state index in [9.17, 15) is 18.4 Å². The molecule has 1 aromatic heterocycles. The van der Waals surface area contributed by atoms with Gasteiger partial charge in [-0.25, -0.2) is 8.78 Å². The van der Waals surface area contributed by atoms with Crippen molar-refractivity contribution in [3.8, 4) is 0 Å². The van der Waals surface area contributed by atoms with Gasteiger partial charge in [-0.1, -0.05) is 18.2 Å². The number of carbonyl (C=O) groups excluding carboxylic acids is 2. The molecule has 5 nitrogen and oxygen atoms in total. The lowest BCUT2D eigenvalue weighted by Gasteiger charge is -2.06. The topological polar surface area (TPSA) is 74.0 Å². The number of aromatic amines is 1. The van der Waals surface area contributed by atoms with E-state index in [0.29, 0.717) is 6.42 Å². The molecule has 3 rings (SSSR count). The Hall–Kier alpha value is -3.22. The molecule has 2 aromatic carbocycles. The largest absolute Gasteiger partial charge is 0.361 e. The van der Waals surface area contributed by atoms with E-state index in [1.165, 1.54) is 6.07 Å². The van der Waals surface area contributed by atoms with Gasteiger partial charge in [-0.3, -0.25) is 9.59 Å². The highest BCUT2D eigenvalue weighted by Gasteiger charge is 2.14. The third-order valence-electron chi connectivity index (χ3n) is 3.74. The summed E-state index contributed by atoms with van der Waals surface area (Å²) in [4.78, 5) is 26.7. The number of rotatable bonds is 4. The highest BCUT2D eigenvalue weighted by atomic mass is 19.2. The number of aromatic nitrogens is 1. The molecule has 25 heavy (non-hydrogen) atoms. The van der Waals surface area contributed by atoms with Gasteiger partial charge in [0.2, 0.25) is 0 Å². The fourth-order valence-electron chi connectivity index (χ4n) is 2.49. The van der Waals surface area contributed by atoms with Crippen molar-refractivity contribution in [1.82, 2.24) is 10.3 Å². The van der Waals surface area contributed by atoms with Crippen LogP contribution in [0.25, 0.3) is 10.9 Å². The summed E-state index contributed by atoms with van der Waals surface area (Å²) in [6.07, 6.45) is 2.41. The molecule has 0 spiro atoms. The first-order valence-corrected chi connectivity index (χ1v) is 7.64. The lowest BCUT2D eigenvalue weighted by atomic mass is 10.1. The average Bonchev–Trinajstić information content (AvgIpc) is 3.01. The van der Waals surface area contributed by atoms with Gasteiger partial charge in [0.15, 0.2) is 11.6 Å². The number of hydrogen-bond donors (Lipinski definition) is 3. The normalized spacial score (nSPS) is 10.6. The molecule has 1 heterocycles. The molecule has 2 amide bonds. The van der Waals surface area contributed by atoms with Crippen molar-refractivity contribution in [3.05, 3.63) is 65.9 Å². The quantitative estimate of drug-likeness (QED) is 0.637. The van der Waals surface area contributed by atoms with E-state index in [0.717, 1.165) is 28.6 Å². The van der Waals surface area contributed by atoms with E-state index >= 15 is 0 Å². The Morgan fingerprint density at radius 1 is 1.00 bits per heavy atom. The SMILES string of the molecule is O=C(NCCc1c[nH]c2ccccc12)C(=O)Nc1ccc(F)c(F)c1. The molecule has 128 valence electrons. The van der Waals surface area contributed by atoms with Crippen LogP contribution in [-0.2, 0) is 16.0 Å². The van der Waals surface area contributed by atoms with E-state index in [2.05, 4.69) is 15.6 Å². The monoisotopic (exact) mass is 343 g/mol. The van der Waals surface area contributed by atoms with Crippen LogP contribution in [0.4, 0.5) is 14.5 Å². The predicted molar refractivity (Wildman–Crippen MR) is 90.0 cm³/mol. The van der Waals surface area contributed by atoms with Crippen molar-refractivity contribution in [3.63, 3.8) is 0 Å². The van der Waals surface area contributed by atoms with Gasteiger partial charge in [0.25, 0.3) is 0 Å². The van der Waals surface area contributed by atoms with Crippen molar-refractivity contribution >= 4 is 28.4 Å². The average molecular weight is 343 g/mol. The van der Waals surface area contributed by atoms with Gasteiger partial charge in [0.1, 0.15) is 0 Å². The van der Waals surface area contributed by atoms with Crippen LogP contribution in [0.15, 0.2) is 48.7 Å². The van der Waals surface area contributed by atoms with Crippen LogP contribution in [0.5, 0.6) is 0 Å². The molecule has 7 heteroatoms. The van der Waals surface area contributed by atoms with Crippen LogP contribution >= 0.6 is 0 Å². The van der Waals surface area contributed by atoms with Crippen LogP contribution < -0.4 is 10.6 Å². The number of benzene rings is 2. The highest BCUT2D eigenvalue weighted by Crippen LogP contribution is 2.17. The molecule has 0 aliphatic rings. The molecule has 0 unspecified atom stereocenters. The van der Waals surface area contributed by atoms with E-state index in [4.69, 9.17) is 0 Å². The molecule has 0 aliphatic carbocycles. The summed E-state index contributed by atoms with van der Waals surface area (Å²) >= 11 is 0. The fraction of sp³-hybridized carbons (Fsp3) is 0.111. The summed E-state index contributed by atoms with van der Waals surface area (Å²) in [5.41, 5.74) is 2.03. The van der Waals surface area contributed by atoms with Crippen molar-refractivity contribution in [2.45, 2.75) is 6.42 Å². The Kier molecular flexibility index (Phi) is 4.74. The molecule has 3 aromatic rings. The number of fused-ring (bicyclic) bond motifs is 1. The van der Waals surface area contributed by atoms with Crippen molar-refractivity contribution in [1.29, 1.82) is 0 Å². The smallest absolute Gasteiger partial charge is 0.313 e. The summed E-state index contributed by atoms with van der Waals surface area (Å²) in [7, 11) is 0. The second kappa shape index (κ2) is 7.12. The number of para-hydroxylation sites is 1. The molecule has 3 N–H and O–H groups in total. The zero-order chi connectivity index (χ0) is 17.8. The lowest BCUT2D eigenvalue weighted by Crippen LogP contribution is -2.36. The zero-order valence-corrected chi connectivity index (χ0v) is 13.1. The van der Waals surface area contributed by atoms with E-state index in [-0.39, 0.29) is 12.2 Å². The van der Waals surface area contributed by atoms with Gasteiger partial charge in [-0.2, -0.15) is 0 Å². The highest BCUT2D eigenvalue weighted by molar-refractivity contribution is 6.39. The third kappa shape index (κ3) is 3.82. The van der Waals surface area contributed by atoms with E-state index in [1.807, 2.05) is 30.5 Å². The maximum Gasteiger partial charge on any atom is 0.313 e. The van der Waals surface area contributed by atoms with E-state index in [1.54, 1.807) is 0 Å². The Morgan fingerprint density at radius 2 is 1.80 bits per heavy atom. The first-order valence-electron chi connectivity index (χ1n) is 7.64. The van der Waals surface area contributed by atoms with Crippen LogP contribution in [0.2, 0.25) is 0 Å². The van der Waals surface area contributed by atoms with E-state index < -0.39 is 23.4 Å². The minimum Gasteiger partial charge on any atom is -0.361 e. The molecule has 0 aliphatic heterocycles. The lowest BCUT2D eigenvalue weighted by molar-refractivity contribution is -0.136. The summed E-state index contributed by atoms with van der Waals surface area (Å²) in [5.74, 6) is -3.91. The first kappa shape index (κ1) is 16.6. The van der Waals surface area contributed by atoms with Crippen LogP contribution in [0, 0.1) is 11.6 Å². The molecule has 0 fully saturated rings. The van der Waals surface area contributed by atoms with Gasteiger partial charge in [0, 0.05) is 35.4 Å². The number of carbonyl (C=O) groups is 2. The maximum absolute atomic E-state index is 13.1. The van der Waals surface area contributed by atoms with Crippen LogP contribution in [0.1, 0.15) is 5.56 Å². The first-order chi connectivity index (χ1) is 12.0. The van der Waals surface area contributed by atoms with Crippen LogP contribution in [0.3, 0.4) is 0 Å². The molecule has 0 bridgehead atoms. The number of halogens is 2. The minimum absolute atomic E-state index is 0.00989. The molecule has 0 atom stereocenters. The van der Waals surface area contributed by atoms with Gasteiger partial charge in [-0.15, -0.1) is 0 Å². The molecular weight excluding hydrogens is 328 g/mol. The minimum atomic E-state index is -1.10. The van der Waals surface area contributed by atoms with Gasteiger partial charge in [-0.05, 0) is 30.2 Å². The predicted octanol–water partition coefficient (Wildman–Crippen LogP) is 2.74. The number of anilines is 1. The number of hydrogen-bond acceptors (Lipinski definition) is 2. The van der Waals surface area contributed by atoms with Crippen molar-refractivity contribution in [2.75, 3.05) is 11.9 Å². The second-order valence-electron chi connectivity index (χ2n) is 5.45. The Balaban J connectivity index is 1.53. The summed E-state index contributed by atoms with van der Waals surface area (Å²) in [5, 5.41) is 5.78. The van der Waals surface area contributed by atoms with Crippen molar-refractivity contribution < 1.29 is 18.4 Å². The molecule has 0 saturated heterocycles. The number of nitrogens with one attached hydrogen (secondary N) is 3. The van der Waals surface area contributed by atoms with Crippen molar-refractivity contribution in [2.24, 2.45) is 0 Å². The number of amides is 2. The standard InChI is InChI=1S/C18H15F2N3O2/c19-14-6-5-12(9-15(14)20)23-18(25)17(24)21-8-7-11-10-22-16-4-2-1-3-13(11)16/h1-6,9-10,22H,7-8H2,(H,21,24)(H,23,25). The molecule has 0 radical (unpaired) electrons. The summed E-state index contributed by atoms with van der Waals surface area (Å²) in [6.45, 7) is 0.270. The molecule has 0 saturated carbocycles. The van der Waals surface area contributed by atoms with Gasteiger partial charge < -0.3 is 15.6 Å². The molecular formula is C18H15F2N3O2. The van der Waals surface area contributed by atoms with Gasteiger partial charge >= 0.3 is 11.8 Å². The summed E-state index contributed by atoms with van der Waals surface area (Å²) < 4.78 is 25.9. The fourth-order valence-corrected chi connectivity index (χ4v) is 2.49. The summed E-state index contributed by atoms with van der Waals surface area (Å²) in [6, 6.07) is 10.6. The zero-order valence-electron chi connectivity index (χ0n) is 13.1. The maximum atomic E-state index is 13.1.